The van der Waals surface area contributed by atoms with Crippen LogP contribution in [-0.4, -0.2) is 14.8 Å². The largest absolute Gasteiger partial charge is 0.270 e. The van der Waals surface area contributed by atoms with Gasteiger partial charge in [0.05, 0.1) is 0 Å². The Morgan fingerprint density at radius 1 is 1.18 bits per heavy atom. The van der Waals surface area contributed by atoms with E-state index in [9.17, 15) is 0 Å². The highest BCUT2D eigenvalue weighted by atomic mass is 35.5. The van der Waals surface area contributed by atoms with Gasteiger partial charge in [0.1, 0.15) is 5.82 Å². The van der Waals surface area contributed by atoms with Crippen LogP contribution in [0.5, 0.6) is 0 Å². The van der Waals surface area contributed by atoms with E-state index in [1.54, 1.807) is 0 Å². The Morgan fingerprint density at radius 3 is 2.41 bits per heavy atom. The van der Waals surface area contributed by atoms with Gasteiger partial charge in [0.2, 0.25) is 5.28 Å². The molecule has 0 N–H and O–H groups in total. The average Bonchev–Trinajstić information content (AvgIpc) is 2.67. The van der Waals surface area contributed by atoms with Gasteiger partial charge in [-0.2, -0.15) is 0 Å². The topological polar surface area (TPSA) is 30.7 Å². The molecule has 0 saturated carbocycles. The zero-order valence-electron chi connectivity index (χ0n) is 10.2. The fraction of sp³-hybridized carbons (Fsp3) is 0.385. The Hall–Kier alpha value is -1.35. The molecule has 0 unspecified atom stereocenters. The van der Waals surface area contributed by atoms with E-state index in [2.05, 4.69) is 41.4 Å². The van der Waals surface area contributed by atoms with E-state index in [0.29, 0.717) is 5.28 Å². The molecule has 0 radical (unpaired) electrons. The molecule has 0 aliphatic carbocycles. The Balaban J connectivity index is 2.23. The van der Waals surface area contributed by atoms with Crippen LogP contribution in [0.1, 0.15) is 31.2 Å². The number of rotatable bonds is 4. The van der Waals surface area contributed by atoms with E-state index in [-0.39, 0.29) is 0 Å². The monoisotopic (exact) mass is 249 g/mol. The van der Waals surface area contributed by atoms with Crippen LogP contribution in [-0.2, 0) is 6.42 Å². The highest BCUT2D eigenvalue weighted by Gasteiger charge is 2.07. The standard InChI is InChI=1S/C13H16ClN3/c1-3-4-5-11-6-8-12(9-7-11)17-10(2)15-16-13(17)14/h6-9H,3-5H2,1-2H3. The summed E-state index contributed by atoms with van der Waals surface area (Å²) >= 11 is 5.99. The van der Waals surface area contributed by atoms with Gasteiger partial charge in [0, 0.05) is 5.69 Å². The van der Waals surface area contributed by atoms with Gasteiger partial charge in [-0.05, 0) is 49.1 Å². The number of hydrogen-bond acceptors (Lipinski definition) is 2. The highest BCUT2D eigenvalue weighted by molar-refractivity contribution is 6.28. The Kier molecular flexibility index (Phi) is 3.79. The van der Waals surface area contributed by atoms with Gasteiger partial charge in [0.25, 0.3) is 0 Å². The lowest BCUT2D eigenvalue weighted by Gasteiger charge is -2.06. The van der Waals surface area contributed by atoms with Crippen LogP contribution in [0.4, 0.5) is 0 Å². The van der Waals surface area contributed by atoms with Crippen molar-refractivity contribution in [1.29, 1.82) is 0 Å². The molecule has 0 saturated heterocycles. The summed E-state index contributed by atoms with van der Waals surface area (Å²) in [6.45, 7) is 4.10. The summed E-state index contributed by atoms with van der Waals surface area (Å²) < 4.78 is 1.84. The highest BCUT2D eigenvalue weighted by Crippen LogP contribution is 2.17. The van der Waals surface area contributed by atoms with E-state index < -0.39 is 0 Å². The fourth-order valence-corrected chi connectivity index (χ4v) is 2.08. The van der Waals surface area contributed by atoms with E-state index in [0.717, 1.165) is 17.9 Å². The van der Waals surface area contributed by atoms with E-state index in [1.165, 1.54) is 18.4 Å². The smallest absolute Gasteiger partial charge is 0.229 e. The van der Waals surface area contributed by atoms with Crippen LogP contribution in [0.15, 0.2) is 24.3 Å². The van der Waals surface area contributed by atoms with Crippen molar-refractivity contribution < 1.29 is 0 Å². The number of nitrogens with zero attached hydrogens (tertiary/aromatic N) is 3. The summed E-state index contributed by atoms with van der Waals surface area (Å²) in [6.07, 6.45) is 3.58. The molecule has 0 aliphatic rings. The minimum atomic E-state index is 0.406. The second-order valence-electron chi connectivity index (χ2n) is 4.12. The van der Waals surface area contributed by atoms with Gasteiger partial charge in [0.15, 0.2) is 0 Å². The van der Waals surface area contributed by atoms with Gasteiger partial charge >= 0.3 is 0 Å². The number of benzene rings is 1. The van der Waals surface area contributed by atoms with Crippen LogP contribution in [0, 0.1) is 6.92 Å². The predicted octanol–water partition coefficient (Wildman–Crippen LogP) is 3.57. The Bertz CT molecular complexity index is 468. The first-order chi connectivity index (χ1) is 8.22. The maximum absolute atomic E-state index is 5.99. The molecule has 0 bridgehead atoms. The minimum Gasteiger partial charge on any atom is -0.270 e. The molecule has 0 aliphatic heterocycles. The molecule has 2 aromatic rings. The number of halogens is 1. The van der Waals surface area contributed by atoms with Crippen LogP contribution in [0.2, 0.25) is 5.28 Å². The van der Waals surface area contributed by atoms with Crippen molar-refractivity contribution in [2.24, 2.45) is 0 Å². The van der Waals surface area contributed by atoms with E-state index in [1.807, 2.05) is 11.5 Å². The lowest BCUT2D eigenvalue weighted by molar-refractivity contribution is 0.794. The average molecular weight is 250 g/mol. The van der Waals surface area contributed by atoms with Crippen molar-refractivity contribution in [2.75, 3.05) is 0 Å². The van der Waals surface area contributed by atoms with Gasteiger partial charge in [-0.1, -0.05) is 25.5 Å². The van der Waals surface area contributed by atoms with E-state index in [4.69, 9.17) is 11.6 Å². The quantitative estimate of drug-likeness (QED) is 0.829. The molecule has 0 atom stereocenters. The minimum absolute atomic E-state index is 0.406. The summed E-state index contributed by atoms with van der Waals surface area (Å²) in [5, 5.41) is 8.19. The van der Waals surface area contributed by atoms with Gasteiger partial charge in [-0.25, -0.2) is 0 Å². The van der Waals surface area contributed by atoms with Crippen LogP contribution in [0.25, 0.3) is 5.69 Å². The molecule has 1 aromatic carbocycles. The molecular formula is C13H16ClN3. The molecule has 4 heteroatoms. The van der Waals surface area contributed by atoms with Crippen LogP contribution < -0.4 is 0 Å². The van der Waals surface area contributed by atoms with Crippen molar-refractivity contribution in [1.82, 2.24) is 14.8 Å². The number of unbranched alkanes of at least 4 members (excludes halogenated alkanes) is 1. The van der Waals surface area contributed by atoms with Gasteiger partial charge < -0.3 is 0 Å². The molecule has 2 rings (SSSR count). The summed E-state index contributed by atoms with van der Waals surface area (Å²) in [7, 11) is 0. The summed E-state index contributed by atoms with van der Waals surface area (Å²) in [5.74, 6) is 0.802. The third-order valence-corrected chi connectivity index (χ3v) is 3.04. The molecule has 3 nitrogen and oxygen atoms in total. The molecule has 1 heterocycles. The molecule has 17 heavy (non-hydrogen) atoms. The Morgan fingerprint density at radius 2 is 1.88 bits per heavy atom. The van der Waals surface area contributed by atoms with Crippen molar-refractivity contribution in [3.63, 3.8) is 0 Å². The molecule has 0 spiro atoms. The van der Waals surface area contributed by atoms with Crippen LogP contribution in [0.3, 0.4) is 0 Å². The fourth-order valence-electron chi connectivity index (χ4n) is 1.82. The number of hydrogen-bond donors (Lipinski definition) is 0. The number of aryl methyl sites for hydroxylation is 2. The molecule has 0 fully saturated rings. The van der Waals surface area contributed by atoms with Crippen molar-refractivity contribution >= 4 is 11.6 Å². The predicted molar refractivity (Wildman–Crippen MR) is 69.7 cm³/mol. The first kappa shape index (κ1) is 12.1. The lowest BCUT2D eigenvalue weighted by atomic mass is 10.1. The van der Waals surface area contributed by atoms with Crippen LogP contribution >= 0.6 is 11.6 Å². The molecular weight excluding hydrogens is 234 g/mol. The Labute approximate surface area is 106 Å². The van der Waals surface area contributed by atoms with Crippen molar-refractivity contribution in [2.45, 2.75) is 33.1 Å². The van der Waals surface area contributed by atoms with E-state index >= 15 is 0 Å². The summed E-state index contributed by atoms with van der Waals surface area (Å²) in [4.78, 5) is 0. The first-order valence-corrected chi connectivity index (χ1v) is 6.27. The zero-order valence-corrected chi connectivity index (χ0v) is 10.9. The second-order valence-corrected chi connectivity index (χ2v) is 4.46. The third kappa shape index (κ3) is 2.67. The maximum Gasteiger partial charge on any atom is 0.229 e. The van der Waals surface area contributed by atoms with Gasteiger partial charge in [-0.15, -0.1) is 10.2 Å². The molecule has 90 valence electrons. The zero-order chi connectivity index (χ0) is 12.3. The second kappa shape index (κ2) is 5.32. The normalized spacial score (nSPS) is 10.8. The number of aromatic nitrogens is 3. The lowest BCUT2D eigenvalue weighted by Crippen LogP contribution is -1.97. The molecule has 1 aromatic heterocycles. The maximum atomic E-state index is 5.99. The SMILES string of the molecule is CCCCc1ccc(-n2c(C)nnc2Cl)cc1. The summed E-state index contributed by atoms with van der Waals surface area (Å²) in [6, 6.07) is 8.40. The summed E-state index contributed by atoms with van der Waals surface area (Å²) in [5.41, 5.74) is 2.37. The van der Waals surface area contributed by atoms with Gasteiger partial charge in [-0.3, -0.25) is 4.57 Å². The van der Waals surface area contributed by atoms with Crippen molar-refractivity contribution in [3.05, 3.63) is 40.9 Å². The third-order valence-electron chi connectivity index (χ3n) is 2.80. The molecule has 0 amide bonds. The first-order valence-electron chi connectivity index (χ1n) is 5.89. The van der Waals surface area contributed by atoms with Crippen molar-refractivity contribution in [3.8, 4) is 5.69 Å².